The van der Waals surface area contributed by atoms with Gasteiger partial charge in [0.05, 0.1) is 31.7 Å². The summed E-state index contributed by atoms with van der Waals surface area (Å²) < 4.78 is 13.9. The molecular weight excluding hydrogens is 398 g/mol. The topological polar surface area (TPSA) is 109 Å². The number of methoxy groups -OCH3 is 1. The average Bonchev–Trinajstić information content (AvgIpc) is 3.36. The first kappa shape index (κ1) is 21.0. The zero-order chi connectivity index (χ0) is 19.5. The van der Waals surface area contributed by atoms with Crippen molar-refractivity contribution in [3.8, 4) is 11.8 Å². The molecule has 0 bridgehead atoms. The maximum Gasteiger partial charge on any atom is 0.341 e. The van der Waals surface area contributed by atoms with Crippen LogP contribution in [0.25, 0.3) is 17.0 Å². The predicted octanol–water partition coefficient (Wildman–Crippen LogP) is 1.62. The predicted molar refractivity (Wildman–Crippen MR) is 108 cm³/mol. The molecule has 0 aromatic carbocycles. The van der Waals surface area contributed by atoms with E-state index < -0.39 is 5.97 Å². The fourth-order valence-corrected chi connectivity index (χ4v) is 3.40. The molecule has 3 aromatic heterocycles. The van der Waals surface area contributed by atoms with Crippen LogP contribution < -0.4 is 10.1 Å². The molecule has 1 fully saturated rings. The van der Waals surface area contributed by atoms with Gasteiger partial charge in [-0.05, 0) is 38.8 Å². The Morgan fingerprint density at radius 1 is 1.24 bits per heavy atom. The van der Waals surface area contributed by atoms with E-state index in [9.17, 15) is 4.79 Å². The Bertz CT molecular complexity index is 981. The molecule has 156 valence electrons. The van der Waals surface area contributed by atoms with Gasteiger partial charge < -0.3 is 14.8 Å². The molecule has 29 heavy (non-hydrogen) atoms. The molecule has 1 N–H and O–H groups in total. The van der Waals surface area contributed by atoms with Crippen LogP contribution >= 0.6 is 12.4 Å². The normalized spacial score (nSPS) is 14.6. The Kier molecular flexibility index (Phi) is 6.65. The minimum Gasteiger partial charge on any atom is -0.479 e. The second kappa shape index (κ2) is 9.19. The summed E-state index contributed by atoms with van der Waals surface area (Å²) in [5.41, 5.74) is 1.78. The zero-order valence-electron chi connectivity index (χ0n) is 16.4. The molecule has 3 aromatic rings. The fraction of sp³-hybridized carbons (Fsp3) is 0.500. The first-order valence-electron chi connectivity index (χ1n) is 9.40. The Balaban J connectivity index is 0.00000240. The van der Waals surface area contributed by atoms with E-state index in [1.54, 1.807) is 20.2 Å². The number of ether oxygens (including phenoxy) is 2. The summed E-state index contributed by atoms with van der Waals surface area (Å²) in [6.45, 7) is 4.93. The fourth-order valence-electron chi connectivity index (χ4n) is 3.40. The first-order chi connectivity index (χ1) is 13.7. The molecule has 10 nitrogen and oxygen atoms in total. The van der Waals surface area contributed by atoms with Crippen LogP contribution in [0.4, 0.5) is 0 Å². The summed E-state index contributed by atoms with van der Waals surface area (Å²) in [6, 6.07) is 0. The van der Waals surface area contributed by atoms with E-state index in [4.69, 9.17) is 9.47 Å². The Morgan fingerprint density at radius 2 is 2.03 bits per heavy atom. The number of rotatable bonds is 6. The van der Waals surface area contributed by atoms with E-state index >= 15 is 0 Å². The van der Waals surface area contributed by atoms with Gasteiger partial charge >= 0.3 is 5.97 Å². The van der Waals surface area contributed by atoms with Crippen LogP contribution in [0.5, 0.6) is 5.88 Å². The molecular formula is C18H24ClN7O3. The van der Waals surface area contributed by atoms with Crippen LogP contribution in [0.3, 0.4) is 0 Å². The highest BCUT2D eigenvalue weighted by atomic mass is 35.5. The van der Waals surface area contributed by atoms with Crippen molar-refractivity contribution in [2.24, 2.45) is 5.92 Å². The lowest BCUT2D eigenvalue weighted by molar-refractivity contribution is 0.0526. The number of esters is 1. The van der Waals surface area contributed by atoms with Crippen molar-refractivity contribution >= 4 is 29.4 Å². The molecule has 0 radical (unpaired) electrons. The van der Waals surface area contributed by atoms with E-state index in [-0.39, 0.29) is 12.4 Å². The monoisotopic (exact) mass is 421 g/mol. The van der Waals surface area contributed by atoms with Crippen LogP contribution in [0.15, 0.2) is 18.6 Å². The van der Waals surface area contributed by atoms with E-state index in [2.05, 4.69) is 25.5 Å². The van der Waals surface area contributed by atoms with Crippen LogP contribution in [0.1, 0.15) is 30.1 Å². The second-order valence-corrected chi connectivity index (χ2v) is 6.68. The zero-order valence-corrected chi connectivity index (χ0v) is 17.2. The molecule has 0 amide bonds. The molecule has 0 spiro atoms. The first-order valence-corrected chi connectivity index (χ1v) is 9.40. The number of hydrogen-bond donors (Lipinski definition) is 1. The van der Waals surface area contributed by atoms with Crippen molar-refractivity contribution in [1.29, 1.82) is 0 Å². The number of fused-ring (bicyclic) bond motifs is 1. The molecule has 0 aliphatic carbocycles. The quantitative estimate of drug-likeness (QED) is 0.598. The summed E-state index contributed by atoms with van der Waals surface area (Å²) >= 11 is 0. The number of carbonyl (C=O) groups is 1. The highest BCUT2D eigenvalue weighted by Crippen LogP contribution is 2.25. The Hall–Kier alpha value is -2.72. The molecule has 0 saturated carbocycles. The maximum absolute atomic E-state index is 11.9. The van der Waals surface area contributed by atoms with E-state index in [1.165, 1.54) is 17.1 Å². The minimum atomic E-state index is -0.434. The van der Waals surface area contributed by atoms with Gasteiger partial charge in [-0.3, -0.25) is 4.68 Å². The van der Waals surface area contributed by atoms with Crippen LogP contribution in [-0.4, -0.2) is 62.3 Å². The van der Waals surface area contributed by atoms with Gasteiger partial charge in [0, 0.05) is 12.7 Å². The van der Waals surface area contributed by atoms with Gasteiger partial charge in [-0.15, -0.1) is 12.4 Å². The smallest absolute Gasteiger partial charge is 0.341 e. The summed E-state index contributed by atoms with van der Waals surface area (Å²) in [4.78, 5) is 20.9. The third-order valence-corrected chi connectivity index (χ3v) is 4.83. The second-order valence-electron chi connectivity index (χ2n) is 6.68. The van der Waals surface area contributed by atoms with Crippen molar-refractivity contribution in [2.75, 3.05) is 26.8 Å². The molecule has 1 saturated heterocycles. The van der Waals surface area contributed by atoms with Crippen molar-refractivity contribution in [3.05, 3.63) is 24.2 Å². The van der Waals surface area contributed by atoms with Crippen molar-refractivity contribution in [3.63, 3.8) is 0 Å². The van der Waals surface area contributed by atoms with Gasteiger partial charge in [-0.25, -0.2) is 14.5 Å². The lowest BCUT2D eigenvalue weighted by Crippen LogP contribution is -2.30. The van der Waals surface area contributed by atoms with Crippen LogP contribution in [0.2, 0.25) is 0 Å². The number of aromatic nitrogens is 6. The molecule has 0 unspecified atom stereocenters. The summed E-state index contributed by atoms with van der Waals surface area (Å²) in [7, 11) is 1.57. The third kappa shape index (κ3) is 4.33. The highest BCUT2D eigenvalue weighted by molar-refractivity contribution is 5.88. The van der Waals surface area contributed by atoms with Crippen molar-refractivity contribution in [1.82, 2.24) is 34.8 Å². The number of halogens is 1. The average molecular weight is 422 g/mol. The van der Waals surface area contributed by atoms with Gasteiger partial charge in [0.15, 0.2) is 0 Å². The third-order valence-electron chi connectivity index (χ3n) is 4.83. The van der Waals surface area contributed by atoms with Gasteiger partial charge in [0.25, 0.3) is 5.95 Å². The lowest BCUT2D eigenvalue weighted by Gasteiger charge is -2.22. The van der Waals surface area contributed by atoms with Crippen LogP contribution in [0, 0.1) is 5.92 Å². The lowest BCUT2D eigenvalue weighted by atomic mass is 9.98. The molecule has 11 heteroatoms. The number of nitrogens with one attached hydrogen (secondary N) is 1. The minimum absolute atomic E-state index is 0. The van der Waals surface area contributed by atoms with Gasteiger partial charge in [-0.1, -0.05) is 0 Å². The Labute approximate surface area is 174 Å². The van der Waals surface area contributed by atoms with Gasteiger partial charge in [-0.2, -0.15) is 15.2 Å². The van der Waals surface area contributed by atoms with E-state index in [0.29, 0.717) is 35.4 Å². The van der Waals surface area contributed by atoms with Gasteiger partial charge in [0.1, 0.15) is 11.0 Å². The van der Waals surface area contributed by atoms with E-state index in [1.807, 2.05) is 4.68 Å². The number of nitrogens with zero attached hydrogens (tertiary/aromatic N) is 6. The molecule has 4 rings (SSSR count). The molecule has 0 atom stereocenters. The van der Waals surface area contributed by atoms with Crippen molar-refractivity contribution < 1.29 is 14.3 Å². The number of carbonyl (C=O) groups excluding carboxylic acids is 1. The number of hydrogen-bond acceptors (Lipinski definition) is 8. The van der Waals surface area contributed by atoms with Gasteiger partial charge in [0.2, 0.25) is 5.88 Å². The SMILES string of the molecule is CCOC(=O)c1cnn(-c2nc(OC)c3c(cnn3CC3CCNCC3)n2)c1.Cl. The van der Waals surface area contributed by atoms with Crippen LogP contribution in [-0.2, 0) is 11.3 Å². The highest BCUT2D eigenvalue weighted by Gasteiger charge is 2.20. The summed E-state index contributed by atoms with van der Waals surface area (Å²) in [5.74, 6) is 0.865. The molecule has 4 heterocycles. The Morgan fingerprint density at radius 3 is 2.76 bits per heavy atom. The van der Waals surface area contributed by atoms with E-state index in [0.717, 1.165) is 38.0 Å². The number of piperidine rings is 1. The summed E-state index contributed by atoms with van der Waals surface area (Å²) in [6.07, 6.45) is 6.91. The standard InChI is InChI=1S/C18H23N7O3.ClH/c1-3-28-17(26)13-8-20-25(11-13)18-22-14-9-21-24(15(14)16(23-18)27-2)10-12-4-6-19-7-5-12;/h8-9,11-12,19H,3-7,10H2,1-2H3;1H. The van der Waals surface area contributed by atoms with Crippen molar-refractivity contribution in [2.45, 2.75) is 26.3 Å². The largest absolute Gasteiger partial charge is 0.479 e. The molecule has 1 aliphatic heterocycles. The molecule has 1 aliphatic rings. The summed E-state index contributed by atoms with van der Waals surface area (Å²) in [5, 5.41) is 12.0. The maximum atomic E-state index is 11.9.